The van der Waals surface area contributed by atoms with Gasteiger partial charge in [0.25, 0.3) is 0 Å². The summed E-state index contributed by atoms with van der Waals surface area (Å²) in [6, 6.07) is 7.33. The number of sulfonamides is 1. The molecule has 1 aromatic carbocycles. The molecule has 1 N–H and O–H groups in total. The van der Waals surface area contributed by atoms with Crippen molar-refractivity contribution in [2.45, 2.75) is 29.7 Å². The molecule has 0 saturated heterocycles. The molecule has 1 unspecified atom stereocenters. The maximum Gasteiger partial charge on any atom is 0.242 e. The molecular formula is C15H18BrNO4S3. The Morgan fingerprint density at radius 3 is 2.29 bits per heavy atom. The average molecular weight is 452 g/mol. The second-order valence-electron chi connectivity index (χ2n) is 5.72. The van der Waals surface area contributed by atoms with Gasteiger partial charge in [0.15, 0.2) is 9.84 Å². The van der Waals surface area contributed by atoms with Crippen LogP contribution in [-0.2, 0) is 19.9 Å². The lowest BCUT2D eigenvalue weighted by molar-refractivity contribution is 0.468. The van der Waals surface area contributed by atoms with Crippen LogP contribution >= 0.6 is 27.3 Å². The monoisotopic (exact) mass is 451 g/mol. The Balaban J connectivity index is 2.47. The minimum absolute atomic E-state index is 0.0373. The molecule has 2 rings (SSSR count). The Labute approximate surface area is 155 Å². The predicted octanol–water partition coefficient (Wildman–Crippen LogP) is 3.59. The molecule has 1 atom stereocenters. The third-order valence-corrected chi connectivity index (χ3v) is 7.92. The zero-order chi connectivity index (χ0) is 18.1. The third-order valence-electron chi connectivity index (χ3n) is 3.42. The summed E-state index contributed by atoms with van der Waals surface area (Å²) in [4.78, 5) is 0.778. The maximum absolute atomic E-state index is 12.8. The highest BCUT2D eigenvalue weighted by molar-refractivity contribution is 9.10. The van der Waals surface area contributed by atoms with Crippen molar-refractivity contribution in [3.05, 3.63) is 45.1 Å². The Bertz CT molecular complexity index is 920. The smallest absolute Gasteiger partial charge is 0.224 e. The van der Waals surface area contributed by atoms with Crippen LogP contribution in [0.15, 0.2) is 50.0 Å². The quantitative estimate of drug-likeness (QED) is 0.727. The Hall–Kier alpha value is -0.740. The number of sulfone groups is 1. The van der Waals surface area contributed by atoms with E-state index in [-0.39, 0.29) is 21.8 Å². The second-order valence-corrected chi connectivity index (χ2v) is 11.3. The normalized spacial score (nSPS) is 14.0. The molecule has 0 saturated carbocycles. The van der Waals surface area contributed by atoms with Crippen LogP contribution in [0.1, 0.15) is 24.8 Å². The summed E-state index contributed by atoms with van der Waals surface area (Å²) in [5.41, 5.74) is 0. The van der Waals surface area contributed by atoms with Crippen molar-refractivity contribution < 1.29 is 16.8 Å². The fourth-order valence-corrected chi connectivity index (χ4v) is 6.24. The molecule has 0 fully saturated rings. The predicted molar refractivity (Wildman–Crippen MR) is 99.5 cm³/mol. The van der Waals surface area contributed by atoms with Gasteiger partial charge in [-0.15, -0.1) is 11.3 Å². The molecular weight excluding hydrogens is 434 g/mol. The van der Waals surface area contributed by atoms with Gasteiger partial charge in [-0.05, 0) is 51.5 Å². The van der Waals surface area contributed by atoms with Crippen molar-refractivity contribution in [3.8, 4) is 0 Å². The summed E-state index contributed by atoms with van der Waals surface area (Å²) in [5.74, 6) is 0.0373. The molecule has 9 heteroatoms. The number of hydrogen-bond donors (Lipinski definition) is 1. The number of halogens is 1. The summed E-state index contributed by atoms with van der Waals surface area (Å²) >= 11 is 4.67. The van der Waals surface area contributed by atoms with Crippen molar-refractivity contribution in [3.63, 3.8) is 0 Å². The van der Waals surface area contributed by atoms with E-state index in [1.807, 2.05) is 31.4 Å². The first-order valence-corrected chi connectivity index (χ1v) is 12.1. The lowest BCUT2D eigenvalue weighted by Crippen LogP contribution is -2.31. The minimum Gasteiger partial charge on any atom is -0.224 e. The zero-order valence-electron chi connectivity index (χ0n) is 13.4. The molecule has 1 aromatic heterocycles. The molecule has 1 heterocycles. The van der Waals surface area contributed by atoms with E-state index < -0.39 is 19.9 Å². The van der Waals surface area contributed by atoms with E-state index in [0.717, 1.165) is 11.1 Å². The van der Waals surface area contributed by atoms with Gasteiger partial charge in [0.1, 0.15) is 0 Å². The van der Waals surface area contributed by atoms with Gasteiger partial charge in [-0.25, -0.2) is 21.6 Å². The molecule has 0 amide bonds. The Kier molecular flexibility index (Phi) is 5.91. The molecule has 2 aromatic rings. The average Bonchev–Trinajstić information content (AvgIpc) is 2.97. The van der Waals surface area contributed by atoms with Crippen LogP contribution in [0, 0.1) is 5.92 Å². The molecule has 24 heavy (non-hydrogen) atoms. The van der Waals surface area contributed by atoms with Crippen LogP contribution in [0.3, 0.4) is 0 Å². The molecule has 132 valence electrons. The standard InChI is InChI=1S/C15H18BrNO4S3/c1-10(2)15(13-5-4-8-22-13)17-24(20,21)14-9-11(23(3,18)19)6-7-12(14)16/h4-10,15,17H,1-3H3. The molecule has 0 aliphatic carbocycles. The molecule has 0 radical (unpaired) electrons. The van der Waals surface area contributed by atoms with Crippen LogP contribution in [0.25, 0.3) is 0 Å². The third kappa shape index (κ3) is 4.45. The van der Waals surface area contributed by atoms with Gasteiger partial charge in [-0.1, -0.05) is 19.9 Å². The van der Waals surface area contributed by atoms with Gasteiger partial charge in [0, 0.05) is 15.6 Å². The Morgan fingerprint density at radius 2 is 1.79 bits per heavy atom. The van der Waals surface area contributed by atoms with Gasteiger partial charge in [-0.2, -0.15) is 0 Å². The molecule has 0 spiro atoms. The van der Waals surface area contributed by atoms with Crippen molar-refractivity contribution >= 4 is 47.1 Å². The van der Waals surface area contributed by atoms with E-state index in [9.17, 15) is 16.8 Å². The molecule has 0 bridgehead atoms. The number of hydrogen-bond acceptors (Lipinski definition) is 5. The minimum atomic E-state index is -3.90. The second kappa shape index (κ2) is 7.25. The maximum atomic E-state index is 12.8. The van der Waals surface area contributed by atoms with Crippen LogP contribution in [-0.4, -0.2) is 23.1 Å². The van der Waals surface area contributed by atoms with Gasteiger partial charge >= 0.3 is 0 Å². The van der Waals surface area contributed by atoms with Gasteiger partial charge in [0.05, 0.1) is 15.8 Å². The van der Waals surface area contributed by atoms with Gasteiger partial charge in [-0.3, -0.25) is 0 Å². The van der Waals surface area contributed by atoms with Gasteiger partial charge < -0.3 is 0 Å². The van der Waals surface area contributed by atoms with Crippen LogP contribution in [0.4, 0.5) is 0 Å². The summed E-state index contributed by atoms with van der Waals surface area (Å²) in [6.45, 7) is 3.85. The molecule has 5 nitrogen and oxygen atoms in total. The van der Waals surface area contributed by atoms with Crippen molar-refractivity contribution in [2.75, 3.05) is 6.26 Å². The number of benzene rings is 1. The molecule has 0 aliphatic rings. The van der Waals surface area contributed by atoms with E-state index >= 15 is 0 Å². The first-order chi connectivity index (χ1) is 11.0. The largest absolute Gasteiger partial charge is 0.242 e. The van der Waals surface area contributed by atoms with E-state index in [1.54, 1.807) is 0 Å². The van der Waals surface area contributed by atoms with Crippen LogP contribution in [0.2, 0.25) is 0 Å². The highest BCUT2D eigenvalue weighted by Gasteiger charge is 2.27. The summed E-state index contributed by atoms with van der Waals surface area (Å²) < 4.78 is 52.0. The molecule has 0 aliphatic heterocycles. The fourth-order valence-electron chi connectivity index (χ4n) is 2.14. The topological polar surface area (TPSA) is 80.3 Å². The first-order valence-electron chi connectivity index (χ1n) is 7.07. The fraction of sp³-hybridized carbons (Fsp3) is 0.333. The van der Waals surface area contributed by atoms with Crippen LogP contribution < -0.4 is 4.72 Å². The highest BCUT2D eigenvalue weighted by Crippen LogP contribution is 2.30. The van der Waals surface area contributed by atoms with E-state index in [1.165, 1.54) is 29.5 Å². The van der Waals surface area contributed by atoms with Crippen molar-refractivity contribution in [1.82, 2.24) is 4.72 Å². The van der Waals surface area contributed by atoms with Crippen LogP contribution in [0.5, 0.6) is 0 Å². The van der Waals surface area contributed by atoms with Crippen molar-refractivity contribution in [1.29, 1.82) is 0 Å². The summed E-state index contributed by atoms with van der Waals surface area (Å²) in [5, 5.41) is 1.89. The highest BCUT2D eigenvalue weighted by atomic mass is 79.9. The lowest BCUT2D eigenvalue weighted by atomic mass is 10.0. The number of rotatable bonds is 6. The lowest BCUT2D eigenvalue weighted by Gasteiger charge is -2.21. The van der Waals surface area contributed by atoms with E-state index in [2.05, 4.69) is 20.7 Å². The van der Waals surface area contributed by atoms with Crippen molar-refractivity contribution in [2.24, 2.45) is 5.92 Å². The Morgan fingerprint density at radius 1 is 1.12 bits per heavy atom. The first kappa shape index (κ1) is 19.6. The number of nitrogens with one attached hydrogen (secondary N) is 1. The van der Waals surface area contributed by atoms with Gasteiger partial charge in [0.2, 0.25) is 10.0 Å². The summed E-state index contributed by atoms with van der Waals surface area (Å²) in [7, 11) is -7.40. The SMILES string of the molecule is CC(C)C(NS(=O)(=O)c1cc(S(C)(=O)=O)ccc1Br)c1cccs1. The zero-order valence-corrected chi connectivity index (χ0v) is 17.4. The number of thiophene rings is 1. The van der Waals surface area contributed by atoms with E-state index in [4.69, 9.17) is 0 Å². The van der Waals surface area contributed by atoms with E-state index in [0.29, 0.717) is 4.47 Å². The summed E-state index contributed by atoms with van der Waals surface area (Å²) in [6.07, 6.45) is 1.04.